The number of pyridine rings is 1. The van der Waals surface area contributed by atoms with Crippen LogP contribution in [0, 0.1) is 11.6 Å². The smallest absolute Gasteiger partial charge is 0.326 e. The molecular formula is C22H26N6O2S. The third-order valence-electron chi connectivity index (χ3n) is 5.75. The molecule has 0 spiro atoms. The molecule has 9 heteroatoms. The second kappa shape index (κ2) is 8.60. The van der Waals surface area contributed by atoms with Crippen LogP contribution in [0.5, 0.6) is 0 Å². The molecule has 1 fully saturated rings. The minimum absolute atomic E-state index is 0.185. The van der Waals surface area contributed by atoms with Crippen molar-refractivity contribution in [2.45, 2.75) is 25.9 Å². The van der Waals surface area contributed by atoms with E-state index in [1.54, 1.807) is 20.2 Å². The van der Waals surface area contributed by atoms with Crippen LogP contribution in [-0.4, -0.2) is 51.5 Å². The number of anilines is 1. The number of amides is 1. The van der Waals surface area contributed by atoms with E-state index in [1.807, 2.05) is 25.1 Å². The molecule has 8 nitrogen and oxygen atoms in total. The quantitative estimate of drug-likeness (QED) is 0.530. The van der Waals surface area contributed by atoms with E-state index in [-0.39, 0.29) is 11.6 Å². The number of aryl methyl sites for hydroxylation is 1. The van der Waals surface area contributed by atoms with E-state index in [1.165, 1.54) is 4.57 Å². The zero-order valence-electron chi connectivity index (χ0n) is 17.9. The second-order valence-electron chi connectivity index (χ2n) is 7.95. The maximum atomic E-state index is 12.0. The summed E-state index contributed by atoms with van der Waals surface area (Å²) in [5, 5.41) is 7.03. The minimum atomic E-state index is -0.202. The highest BCUT2D eigenvalue weighted by atomic mass is 32.1. The number of fused-ring (bicyclic) bond motifs is 1. The number of benzene rings is 1. The van der Waals surface area contributed by atoms with Crippen LogP contribution in [0.2, 0.25) is 0 Å². The van der Waals surface area contributed by atoms with E-state index in [9.17, 15) is 9.59 Å². The maximum Gasteiger partial charge on any atom is 0.326 e. The summed E-state index contributed by atoms with van der Waals surface area (Å²) in [5.74, 6) is -0.185. The van der Waals surface area contributed by atoms with Crippen molar-refractivity contribution in [2.24, 2.45) is 7.05 Å². The predicted octanol–water partition coefficient (Wildman–Crippen LogP) is 2.35. The Morgan fingerprint density at radius 1 is 1.32 bits per heavy atom. The molecule has 1 amide bonds. The van der Waals surface area contributed by atoms with E-state index >= 15 is 0 Å². The molecule has 162 valence electrons. The Morgan fingerprint density at radius 2 is 2.13 bits per heavy atom. The summed E-state index contributed by atoms with van der Waals surface area (Å²) in [5.41, 5.74) is 3.90. The average Bonchev–Trinajstić information content (AvgIpc) is 3.19. The van der Waals surface area contributed by atoms with Crippen LogP contribution in [0.4, 0.5) is 5.69 Å². The van der Waals surface area contributed by atoms with Crippen molar-refractivity contribution in [1.29, 1.82) is 0 Å². The van der Waals surface area contributed by atoms with Crippen LogP contribution in [-0.2, 0) is 13.6 Å². The van der Waals surface area contributed by atoms with Crippen LogP contribution >= 0.6 is 12.2 Å². The largest absolute Gasteiger partial charge is 0.380 e. The van der Waals surface area contributed by atoms with Gasteiger partial charge in [0.1, 0.15) is 10.3 Å². The molecule has 0 aliphatic carbocycles. The number of carbonyl (C=O) groups excluding carboxylic acids is 1. The normalized spacial score (nSPS) is 16.5. The lowest BCUT2D eigenvalue weighted by molar-refractivity contribution is 0.0958. The molecule has 2 aromatic heterocycles. The first-order valence-electron chi connectivity index (χ1n) is 10.3. The van der Waals surface area contributed by atoms with Crippen LogP contribution in [0.15, 0.2) is 35.1 Å². The monoisotopic (exact) mass is 438 g/mol. The molecule has 1 atom stereocenters. The van der Waals surface area contributed by atoms with Gasteiger partial charge in [0.2, 0.25) is 0 Å². The highest BCUT2D eigenvalue weighted by Crippen LogP contribution is 2.21. The van der Waals surface area contributed by atoms with Crippen molar-refractivity contribution in [3.63, 3.8) is 0 Å². The molecule has 4 rings (SSSR count). The summed E-state index contributed by atoms with van der Waals surface area (Å²) < 4.78 is 1.99. The van der Waals surface area contributed by atoms with Crippen molar-refractivity contribution < 1.29 is 4.79 Å². The number of likely N-dealkylation sites (tertiary alicyclic amines) is 1. The van der Waals surface area contributed by atoms with E-state index < -0.39 is 0 Å². The summed E-state index contributed by atoms with van der Waals surface area (Å²) in [6.45, 7) is 4.59. The summed E-state index contributed by atoms with van der Waals surface area (Å²) >= 11 is 5.38. The third-order valence-corrected chi connectivity index (χ3v) is 6.24. The molecular weight excluding hydrogens is 412 g/mol. The third kappa shape index (κ3) is 4.38. The number of aromatic amines is 1. The van der Waals surface area contributed by atoms with Gasteiger partial charge in [0, 0.05) is 45.2 Å². The second-order valence-corrected chi connectivity index (χ2v) is 8.33. The van der Waals surface area contributed by atoms with Crippen LogP contribution in [0.1, 0.15) is 28.2 Å². The number of nitrogens with one attached hydrogen (secondary N) is 3. The van der Waals surface area contributed by atoms with E-state index in [4.69, 9.17) is 12.2 Å². The van der Waals surface area contributed by atoms with Gasteiger partial charge in [-0.1, -0.05) is 18.3 Å². The van der Waals surface area contributed by atoms with Crippen molar-refractivity contribution >= 4 is 34.7 Å². The lowest BCUT2D eigenvalue weighted by atomic mass is 10.1. The Hall–Kier alpha value is -3.04. The number of hydrogen-bond donors (Lipinski definition) is 3. The first-order valence-corrected chi connectivity index (χ1v) is 10.7. The van der Waals surface area contributed by atoms with Gasteiger partial charge in [-0.3, -0.25) is 14.3 Å². The van der Waals surface area contributed by atoms with Gasteiger partial charge in [-0.25, -0.2) is 9.78 Å². The number of hydrogen-bond acceptors (Lipinski definition) is 6. The summed E-state index contributed by atoms with van der Waals surface area (Å²) in [6, 6.07) is 10.0. The van der Waals surface area contributed by atoms with Crippen molar-refractivity contribution in [1.82, 2.24) is 24.8 Å². The molecule has 3 heterocycles. The Bertz CT molecular complexity index is 1270. The molecule has 1 unspecified atom stereocenters. The summed E-state index contributed by atoms with van der Waals surface area (Å²) in [6.07, 6.45) is 1.02. The van der Waals surface area contributed by atoms with Gasteiger partial charge in [0.25, 0.3) is 5.91 Å². The first-order chi connectivity index (χ1) is 14.9. The fourth-order valence-electron chi connectivity index (χ4n) is 3.99. The molecule has 1 aromatic carbocycles. The summed E-state index contributed by atoms with van der Waals surface area (Å²) in [4.78, 5) is 33.5. The number of aromatic nitrogens is 3. The number of carbonyl (C=O) groups is 1. The molecule has 1 saturated heterocycles. The highest BCUT2D eigenvalue weighted by Gasteiger charge is 2.23. The topological polar surface area (TPSA) is 95.0 Å². The van der Waals surface area contributed by atoms with Gasteiger partial charge < -0.3 is 15.6 Å². The zero-order valence-corrected chi connectivity index (χ0v) is 18.7. The van der Waals surface area contributed by atoms with E-state index in [0.717, 1.165) is 53.9 Å². The molecule has 31 heavy (non-hydrogen) atoms. The molecule has 0 saturated carbocycles. The van der Waals surface area contributed by atoms with E-state index in [0.29, 0.717) is 16.4 Å². The lowest BCUT2D eigenvalue weighted by Gasteiger charge is -2.18. The Morgan fingerprint density at radius 3 is 2.87 bits per heavy atom. The van der Waals surface area contributed by atoms with Crippen molar-refractivity contribution in [2.75, 3.05) is 25.5 Å². The van der Waals surface area contributed by atoms with Crippen LogP contribution in [0.25, 0.3) is 10.9 Å². The Labute approximate surface area is 185 Å². The van der Waals surface area contributed by atoms with Gasteiger partial charge in [-0.15, -0.1) is 0 Å². The van der Waals surface area contributed by atoms with Crippen LogP contribution in [0.3, 0.4) is 0 Å². The Kier molecular flexibility index (Phi) is 5.88. The fraction of sp³-hybridized carbons (Fsp3) is 0.364. The summed E-state index contributed by atoms with van der Waals surface area (Å²) in [7, 11) is 3.27. The maximum absolute atomic E-state index is 12.0. The van der Waals surface area contributed by atoms with Gasteiger partial charge in [-0.2, -0.15) is 0 Å². The molecule has 3 aromatic rings. The molecule has 0 bridgehead atoms. The molecule has 1 aliphatic heterocycles. The highest BCUT2D eigenvalue weighted by molar-refractivity contribution is 7.71. The molecule has 3 N–H and O–H groups in total. The first kappa shape index (κ1) is 21.2. The molecule has 0 radical (unpaired) electrons. The van der Waals surface area contributed by atoms with Gasteiger partial charge >= 0.3 is 5.69 Å². The Balaban J connectivity index is 1.43. The van der Waals surface area contributed by atoms with Crippen molar-refractivity contribution in [3.8, 4) is 0 Å². The molecule has 1 aliphatic rings. The van der Waals surface area contributed by atoms with Gasteiger partial charge in [0.15, 0.2) is 0 Å². The van der Waals surface area contributed by atoms with Gasteiger partial charge in [-0.05, 0) is 43.2 Å². The standard InChI is InChI=1S/C22H26N6O2S/c1-13-17(6-7-18(24-13)20(29)23-2)25-15-8-9-28(12-15)11-14-4-5-16-19(10-14)26-22(30)27(3)21(16)31/h4-7,10,15,25H,8-9,11-12H2,1-3H3,(H,23,29)(H,26,30). The number of nitrogens with zero attached hydrogens (tertiary/aromatic N) is 3. The van der Waals surface area contributed by atoms with Crippen molar-refractivity contribution in [3.05, 3.63) is 62.4 Å². The zero-order chi connectivity index (χ0) is 22.1. The number of rotatable bonds is 5. The predicted molar refractivity (Wildman–Crippen MR) is 124 cm³/mol. The number of H-pyrrole nitrogens is 1. The van der Waals surface area contributed by atoms with Gasteiger partial charge in [0.05, 0.1) is 16.9 Å². The van der Waals surface area contributed by atoms with Crippen LogP contribution < -0.4 is 16.3 Å². The minimum Gasteiger partial charge on any atom is -0.380 e. The SMILES string of the molecule is CNC(=O)c1ccc(NC2CCN(Cc3ccc4c(=S)n(C)c(=O)[nH]c4c3)C2)c(C)n1. The average molecular weight is 439 g/mol. The lowest BCUT2D eigenvalue weighted by Crippen LogP contribution is -2.26. The fourth-order valence-corrected chi connectivity index (χ4v) is 4.25. The van der Waals surface area contributed by atoms with E-state index in [2.05, 4.69) is 31.6 Å².